The van der Waals surface area contributed by atoms with E-state index in [1.807, 2.05) is 12.1 Å². The maximum absolute atomic E-state index is 10.6. The molecule has 0 atom stereocenters. The summed E-state index contributed by atoms with van der Waals surface area (Å²) in [6.45, 7) is 1.93. The molecular formula is C25H26F3NO5. The van der Waals surface area contributed by atoms with Crippen LogP contribution in [0.1, 0.15) is 17.5 Å². The smallest absolute Gasteiger partial charge is 0.490 e. The molecule has 0 bridgehead atoms. The quantitative estimate of drug-likeness (QED) is 0.367. The molecule has 0 saturated heterocycles. The molecule has 3 N–H and O–H groups in total. The molecule has 0 fully saturated rings. The molecule has 0 aliphatic heterocycles. The molecule has 0 unspecified atom stereocenters. The fourth-order valence-corrected chi connectivity index (χ4v) is 2.99. The van der Waals surface area contributed by atoms with Crippen molar-refractivity contribution < 1.29 is 37.7 Å². The predicted octanol–water partition coefficient (Wildman–Crippen LogP) is 4.70. The minimum atomic E-state index is -5.08. The van der Waals surface area contributed by atoms with Crippen molar-refractivity contribution in [2.24, 2.45) is 0 Å². The van der Waals surface area contributed by atoms with E-state index >= 15 is 0 Å². The second-order valence-electron chi connectivity index (χ2n) is 7.37. The molecule has 3 rings (SSSR count). The highest BCUT2D eigenvalue weighted by atomic mass is 19.4. The highest BCUT2D eigenvalue weighted by molar-refractivity contribution is 5.83. The third kappa shape index (κ3) is 9.91. The van der Waals surface area contributed by atoms with Crippen LogP contribution in [0.2, 0.25) is 0 Å². The molecular weight excluding hydrogens is 451 g/mol. The summed E-state index contributed by atoms with van der Waals surface area (Å²) in [5.41, 5.74) is 2.48. The van der Waals surface area contributed by atoms with Crippen molar-refractivity contribution in [3.05, 3.63) is 77.9 Å². The van der Waals surface area contributed by atoms with Gasteiger partial charge in [0.25, 0.3) is 0 Å². The Balaban J connectivity index is 0.000000509. The van der Waals surface area contributed by atoms with Gasteiger partial charge in [-0.25, -0.2) is 4.79 Å². The number of fused-ring (bicyclic) bond motifs is 1. The van der Waals surface area contributed by atoms with E-state index in [9.17, 15) is 18.0 Å². The summed E-state index contributed by atoms with van der Waals surface area (Å²) in [7, 11) is 0. The summed E-state index contributed by atoms with van der Waals surface area (Å²) in [5, 5.41) is 21.4. The SMILES string of the molecule is O=C(O)C(F)(F)F.O=C(O)CCNCCc1ccc(OCCc2ccc3ccccc3c2)cc1. The Morgan fingerprint density at radius 2 is 1.44 bits per heavy atom. The van der Waals surface area contributed by atoms with Gasteiger partial charge in [-0.1, -0.05) is 54.6 Å². The molecule has 0 aliphatic carbocycles. The number of alkyl halides is 3. The van der Waals surface area contributed by atoms with E-state index in [1.54, 1.807) is 0 Å². The summed E-state index contributed by atoms with van der Waals surface area (Å²) in [6, 6.07) is 23.0. The molecule has 0 saturated carbocycles. The zero-order valence-corrected chi connectivity index (χ0v) is 18.3. The van der Waals surface area contributed by atoms with Crippen LogP contribution in [0.15, 0.2) is 66.7 Å². The van der Waals surface area contributed by atoms with Crippen LogP contribution in [0.25, 0.3) is 10.8 Å². The van der Waals surface area contributed by atoms with Crippen molar-refractivity contribution in [3.63, 3.8) is 0 Å². The van der Waals surface area contributed by atoms with Crippen LogP contribution in [-0.4, -0.2) is 48.0 Å². The molecule has 3 aromatic rings. The van der Waals surface area contributed by atoms with Crippen molar-refractivity contribution in [2.45, 2.75) is 25.4 Å². The van der Waals surface area contributed by atoms with Gasteiger partial charge in [0.05, 0.1) is 13.0 Å². The first kappa shape index (κ1) is 26.7. The number of halogens is 3. The zero-order valence-electron chi connectivity index (χ0n) is 18.3. The second kappa shape index (κ2) is 13.2. The van der Waals surface area contributed by atoms with Crippen LogP contribution in [-0.2, 0) is 22.4 Å². The van der Waals surface area contributed by atoms with Gasteiger partial charge in [0.15, 0.2) is 0 Å². The lowest BCUT2D eigenvalue weighted by Gasteiger charge is -2.08. The second-order valence-corrected chi connectivity index (χ2v) is 7.37. The summed E-state index contributed by atoms with van der Waals surface area (Å²) < 4.78 is 37.6. The van der Waals surface area contributed by atoms with Gasteiger partial charge in [0.2, 0.25) is 0 Å². The number of ether oxygens (including phenoxy) is 1. The fraction of sp³-hybridized carbons (Fsp3) is 0.280. The van der Waals surface area contributed by atoms with Crippen molar-refractivity contribution in [3.8, 4) is 5.75 Å². The average molecular weight is 477 g/mol. The molecule has 0 heterocycles. The van der Waals surface area contributed by atoms with Crippen LogP contribution in [0.5, 0.6) is 5.75 Å². The highest BCUT2D eigenvalue weighted by Crippen LogP contribution is 2.17. The van der Waals surface area contributed by atoms with Crippen LogP contribution in [0.3, 0.4) is 0 Å². The van der Waals surface area contributed by atoms with Crippen molar-refractivity contribution in [1.82, 2.24) is 5.32 Å². The molecule has 0 amide bonds. The van der Waals surface area contributed by atoms with E-state index in [-0.39, 0.29) is 6.42 Å². The number of rotatable bonds is 10. The topological polar surface area (TPSA) is 95.9 Å². The van der Waals surface area contributed by atoms with Crippen molar-refractivity contribution >= 4 is 22.7 Å². The number of hydrogen-bond acceptors (Lipinski definition) is 4. The van der Waals surface area contributed by atoms with E-state index in [4.69, 9.17) is 19.7 Å². The molecule has 182 valence electrons. The molecule has 3 aromatic carbocycles. The van der Waals surface area contributed by atoms with E-state index in [0.717, 1.165) is 25.1 Å². The Labute approximate surface area is 195 Å². The zero-order chi connectivity index (χ0) is 25.0. The van der Waals surface area contributed by atoms with Gasteiger partial charge < -0.3 is 20.3 Å². The van der Waals surface area contributed by atoms with Crippen molar-refractivity contribution in [2.75, 3.05) is 19.7 Å². The Hall–Kier alpha value is -3.59. The minimum Gasteiger partial charge on any atom is -0.493 e. The molecule has 34 heavy (non-hydrogen) atoms. The number of carboxylic acids is 2. The third-order valence-corrected chi connectivity index (χ3v) is 4.75. The largest absolute Gasteiger partial charge is 0.493 e. The fourth-order valence-electron chi connectivity index (χ4n) is 2.99. The molecule has 0 aromatic heterocycles. The van der Waals surface area contributed by atoms with Crippen LogP contribution < -0.4 is 10.1 Å². The molecule has 6 nitrogen and oxygen atoms in total. The average Bonchev–Trinajstić information content (AvgIpc) is 2.79. The monoisotopic (exact) mass is 477 g/mol. The van der Waals surface area contributed by atoms with Gasteiger partial charge in [0, 0.05) is 13.0 Å². The van der Waals surface area contributed by atoms with Crippen molar-refractivity contribution in [1.29, 1.82) is 0 Å². The number of aliphatic carboxylic acids is 2. The lowest BCUT2D eigenvalue weighted by molar-refractivity contribution is -0.192. The maximum atomic E-state index is 10.6. The number of benzene rings is 3. The van der Waals surface area contributed by atoms with Gasteiger partial charge in [-0.2, -0.15) is 13.2 Å². The molecule has 0 radical (unpaired) electrons. The van der Waals surface area contributed by atoms with Gasteiger partial charge in [0.1, 0.15) is 5.75 Å². The van der Waals surface area contributed by atoms with Gasteiger partial charge in [-0.3, -0.25) is 4.79 Å². The van der Waals surface area contributed by atoms with E-state index < -0.39 is 18.1 Å². The first-order chi connectivity index (χ1) is 16.1. The Morgan fingerprint density at radius 3 is 2.06 bits per heavy atom. The minimum absolute atomic E-state index is 0.157. The van der Waals surface area contributed by atoms with Crippen LogP contribution in [0, 0.1) is 0 Å². The number of hydrogen-bond donors (Lipinski definition) is 3. The first-order valence-corrected chi connectivity index (χ1v) is 10.6. The summed E-state index contributed by atoms with van der Waals surface area (Å²) >= 11 is 0. The lowest BCUT2D eigenvalue weighted by Crippen LogP contribution is -2.21. The predicted molar refractivity (Wildman–Crippen MR) is 122 cm³/mol. The van der Waals surface area contributed by atoms with E-state index in [0.29, 0.717) is 13.2 Å². The van der Waals surface area contributed by atoms with E-state index in [1.165, 1.54) is 21.9 Å². The highest BCUT2D eigenvalue weighted by Gasteiger charge is 2.38. The normalized spacial score (nSPS) is 10.9. The van der Waals surface area contributed by atoms with Gasteiger partial charge in [-0.15, -0.1) is 0 Å². The number of carboxylic acid groups (broad SMARTS) is 2. The summed E-state index contributed by atoms with van der Waals surface area (Å²) in [4.78, 5) is 19.3. The van der Waals surface area contributed by atoms with Crippen LogP contribution in [0.4, 0.5) is 13.2 Å². The summed E-state index contributed by atoms with van der Waals surface area (Å²) in [6.07, 6.45) is -3.18. The summed E-state index contributed by atoms with van der Waals surface area (Å²) in [5.74, 6) is -2.65. The molecule has 0 spiro atoms. The molecule has 9 heteroatoms. The van der Waals surface area contributed by atoms with E-state index in [2.05, 4.69) is 59.9 Å². The van der Waals surface area contributed by atoms with Crippen LogP contribution >= 0.6 is 0 Å². The lowest BCUT2D eigenvalue weighted by atomic mass is 10.1. The van der Waals surface area contributed by atoms with Gasteiger partial charge in [-0.05, 0) is 47.0 Å². The Morgan fingerprint density at radius 1 is 0.824 bits per heavy atom. The first-order valence-electron chi connectivity index (χ1n) is 10.6. The third-order valence-electron chi connectivity index (χ3n) is 4.75. The Bertz CT molecular complexity index is 1070. The maximum Gasteiger partial charge on any atom is 0.490 e. The number of carbonyl (C=O) groups is 2. The molecule has 0 aliphatic rings. The standard InChI is InChI=1S/C23H25NO3.C2HF3O2/c25-23(26)12-15-24-14-11-18-6-9-22(10-7-18)27-16-13-19-5-8-20-3-1-2-4-21(20)17-19;3-2(4,5)1(6)7/h1-10,17,24H,11-16H2,(H,25,26);(H,6,7). The van der Waals surface area contributed by atoms with Gasteiger partial charge >= 0.3 is 18.1 Å². The number of nitrogens with one attached hydrogen (secondary N) is 1. The Kier molecular flexibility index (Phi) is 10.3.